The van der Waals surface area contributed by atoms with E-state index in [0.29, 0.717) is 0 Å². The Morgan fingerprint density at radius 2 is 1.79 bits per heavy atom. The molecule has 1 N–H and O–H groups in total. The van der Waals surface area contributed by atoms with Crippen LogP contribution >= 0.6 is 0 Å². The van der Waals surface area contributed by atoms with E-state index in [9.17, 15) is 0 Å². The maximum atomic E-state index is 3.60. The molecule has 0 amide bonds. The first kappa shape index (κ1) is 14.4. The van der Waals surface area contributed by atoms with Crippen LogP contribution in [0.2, 0.25) is 0 Å². The summed E-state index contributed by atoms with van der Waals surface area (Å²) in [7, 11) is 0. The van der Waals surface area contributed by atoms with E-state index in [4.69, 9.17) is 0 Å². The van der Waals surface area contributed by atoms with E-state index in [0.717, 1.165) is 12.5 Å². The molecule has 1 aliphatic heterocycles. The van der Waals surface area contributed by atoms with Crippen LogP contribution in [-0.2, 0) is 6.54 Å². The van der Waals surface area contributed by atoms with Gasteiger partial charge in [0.15, 0.2) is 0 Å². The van der Waals surface area contributed by atoms with E-state index in [2.05, 4.69) is 62.2 Å². The Balaban J connectivity index is 2.08. The van der Waals surface area contributed by atoms with Gasteiger partial charge in [-0.05, 0) is 51.2 Å². The van der Waals surface area contributed by atoms with Crippen LogP contribution in [0.3, 0.4) is 0 Å². The van der Waals surface area contributed by atoms with E-state index < -0.39 is 0 Å². The van der Waals surface area contributed by atoms with Crippen molar-refractivity contribution in [2.75, 3.05) is 18.0 Å². The number of hydrogen-bond donors (Lipinski definition) is 1. The monoisotopic (exact) mass is 260 g/mol. The van der Waals surface area contributed by atoms with Crippen molar-refractivity contribution in [3.8, 4) is 0 Å². The minimum Gasteiger partial charge on any atom is -0.371 e. The first-order valence-corrected chi connectivity index (χ1v) is 7.53. The molecule has 19 heavy (non-hydrogen) atoms. The number of benzene rings is 1. The molecular weight excluding hydrogens is 232 g/mol. The third kappa shape index (κ3) is 4.24. The summed E-state index contributed by atoms with van der Waals surface area (Å²) in [6, 6.07) is 8.84. The summed E-state index contributed by atoms with van der Waals surface area (Å²) in [5.74, 6) is 0.885. The highest BCUT2D eigenvalue weighted by atomic mass is 15.1. The maximum absolute atomic E-state index is 3.60. The van der Waals surface area contributed by atoms with E-state index >= 15 is 0 Å². The Hall–Kier alpha value is -1.02. The van der Waals surface area contributed by atoms with Crippen molar-refractivity contribution in [1.29, 1.82) is 0 Å². The van der Waals surface area contributed by atoms with Crippen LogP contribution in [0.4, 0.5) is 5.69 Å². The molecular formula is C17H28N2. The number of rotatable bonds is 3. The lowest BCUT2D eigenvalue weighted by Gasteiger charge is -2.34. The molecule has 1 heterocycles. The number of nitrogens with one attached hydrogen (secondary N) is 1. The minimum atomic E-state index is 0.170. The van der Waals surface area contributed by atoms with Crippen molar-refractivity contribution in [3.05, 3.63) is 29.8 Å². The summed E-state index contributed by atoms with van der Waals surface area (Å²) in [5.41, 5.74) is 3.02. The summed E-state index contributed by atoms with van der Waals surface area (Å²) in [6.45, 7) is 12.4. The Labute approximate surface area is 118 Å². The fourth-order valence-electron chi connectivity index (χ4n) is 2.58. The summed E-state index contributed by atoms with van der Waals surface area (Å²) in [4.78, 5) is 2.56. The van der Waals surface area contributed by atoms with Crippen LogP contribution < -0.4 is 10.2 Å². The summed E-state index contributed by atoms with van der Waals surface area (Å²) in [6.07, 6.45) is 2.64. The summed E-state index contributed by atoms with van der Waals surface area (Å²) >= 11 is 0. The second-order valence-corrected chi connectivity index (χ2v) is 6.90. The van der Waals surface area contributed by atoms with E-state index in [1.54, 1.807) is 0 Å². The minimum absolute atomic E-state index is 0.170. The average Bonchev–Trinajstić information content (AvgIpc) is 2.37. The predicted molar refractivity (Wildman–Crippen MR) is 83.6 cm³/mol. The molecule has 1 aromatic rings. The van der Waals surface area contributed by atoms with Crippen molar-refractivity contribution >= 4 is 5.69 Å². The first-order chi connectivity index (χ1) is 8.96. The van der Waals surface area contributed by atoms with Gasteiger partial charge in [-0.1, -0.05) is 25.1 Å². The van der Waals surface area contributed by atoms with Crippen LogP contribution in [0.15, 0.2) is 24.3 Å². The molecule has 0 aromatic heterocycles. The van der Waals surface area contributed by atoms with Gasteiger partial charge >= 0.3 is 0 Å². The van der Waals surface area contributed by atoms with Crippen molar-refractivity contribution in [1.82, 2.24) is 5.32 Å². The van der Waals surface area contributed by atoms with Gasteiger partial charge in [0, 0.05) is 30.9 Å². The molecule has 0 saturated carbocycles. The fourth-order valence-corrected chi connectivity index (χ4v) is 2.58. The van der Waals surface area contributed by atoms with Gasteiger partial charge in [-0.25, -0.2) is 0 Å². The Bertz CT molecular complexity index is 398. The standard InChI is InChI=1S/C17H28N2/c1-14-9-11-19(12-10-14)16-8-6-5-7-15(16)13-18-17(2,3)4/h5-8,14,18H,9-13H2,1-4H3. The first-order valence-electron chi connectivity index (χ1n) is 7.53. The highest BCUT2D eigenvalue weighted by Crippen LogP contribution is 2.26. The number of anilines is 1. The maximum Gasteiger partial charge on any atom is 0.0411 e. The fraction of sp³-hybridized carbons (Fsp3) is 0.647. The molecule has 0 radical (unpaired) electrons. The van der Waals surface area contributed by atoms with Gasteiger partial charge in [0.2, 0.25) is 0 Å². The Morgan fingerprint density at radius 1 is 1.16 bits per heavy atom. The molecule has 1 aliphatic rings. The molecule has 1 fully saturated rings. The number of nitrogens with zero attached hydrogens (tertiary/aromatic N) is 1. The Kier molecular flexibility index (Phi) is 4.51. The van der Waals surface area contributed by atoms with Gasteiger partial charge in [0.05, 0.1) is 0 Å². The third-order valence-corrected chi connectivity index (χ3v) is 3.93. The van der Waals surface area contributed by atoms with E-state index in [1.807, 2.05) is 0 Å². The molecule has 2 heteroatoms. The zero-order chi connectivity index (χ0) is 13.9. The Morgan fingerprint density at radius 3 is 2.42 bits per heavy atom. The third-order valence-electron chi connectivity index (χ3n) is 3.93. The molecule has 2 rings (SSSR count). The molecule has 0 bridgehead atoms. The van der Waals surface area contributed by atoms with Crippen molar-refractivity contribution < 1.29 is 0 Å². The predicted octanol–water partition coefficient (Wildman–Crippen LogP) is 3.81. The number of hydrogen-bond acceptors (Lipinski definition) is 2. The van der Waals surface area contributed by atoms with Gasteiger partial charge < -0.3 is 10.2 Å². The zero-order valence-electron chi connectivity index (χ0n) is 12.9. The molecule has 0 aliphatic carbocycles. The molecule has 1 saturated heterocycles. The molecule has 0 spiro atoms. The van der Waals surface area contributed by atoms with E-state index in [1.165, 1.54) is 37.2 Å². The summed E-state index contributed by atoms with van der Waals surface area (Å²) < 4.78 is 0. The van der Waals surface area contributed by atoms with Gasteiger partial charge in [-0.15, -0.1) is 0 Å². The normalized spacial score (nSPS) is 17.8. The number of piperidine rings is 1. The molecule has 106 valence electrons. The second kappa shape index (κ2) is 5.96. The molecule has 0 atom stereocenters. The lowest BCUT2D eigenvalue weighted by Crippen LogP contribution is -2.37. The highest BCUT2D eigenvalue weighted by molar-refractivity contribution is 5.54. The second-order valence-electron chi connectivity index (χ2n) is 6.90. The van der Waals surface area contributed by atoms with Crippen molar-refractivity contribution in [2.24, 2.45) is 5.92 Å². The quantitative estimate of drug-likeness (QED) is 0.889. The lowest BCUT2D eigenvalue weighted by molar-refractivity contribution is 0.420. The van der Waals surface area contributed by atoms with Gasteiger partial charge in [0.1, 0.15) is 0 Å². The smallest absolute Gasteiger partial charge is 0.0411 e. The van der Waals surface area contributed by atoms with Crippen LogP contribution in [-0.4, -0.2) is 18.6 Å². The van der Waals surface area contributed by atoms with Crippen LogP contribution in [0.5, 0.6) is 0 Å². The van der Waals surface area contributed by atoms with Crippen LogP contribution in [0.25, 0.3) is 0 Å². The molecule has 2 nitrogen and oxygen atoms in total. The molecule has 0 unspecified atom stereocenters. The lowest BCUT2D eigenvalue weighted by atomic mass is 9.98. The van der Waals surface area contributed by atoms with Crippen LogP contribution in [0.1, 0.15) is 46.1 Å². The van der Waals surface area contributed by atoms with Gasteiger partial charge in [-0.3, -0.25) is 0 Å². The molecule has 1 aromatic carbocycles. The average molecular weight is 260 g/mol. The van der Waals surface area contributed by atoms with Crippen molar-refractivity contribution in [2.45, 2.75) is 52.6 Å². The highest BCUT2D eigenvalue weighted by Gasteiger charge is 2.18. The van der Waals surface area contributed by atoms with Crippen molar-refractivity contribution in [3.63, 3.8) is 0 Å². The van der Waals surface area contributed by atoms with Gasteiger partial charge in [0.25, 0.3) is 0 Å². The SMILES string of the molecule is CC1CCN(c2ccccc2CNC(C)(C)C)CC1. The van der Waals surface area contributed by atoms with Crippen LogP contribution in [0, 0.1) is 5.92 Å². The van der Waals surface area contributed by atoms with E-state index in [-0.39, 0.29) is 5.54 Å². The van der Waals surface area contributed by atoms with Gasteiger partial charge in [-0.2, -0.15) is 0 Å². The zero-order valence-corrected chi connectivity index (χ0v) is 12.9. The topological polar surface area (TPSA) is 15.3 Å². The largest absolute Gasteiger partial charge is 0.371 e. The summed E-state index contributed by atoms with van der Waals surface area (Å²) in [5, 5.41) is 3.60. The number of para-hydroxylation sites is 1.